The predicted molar refractivity (Wildman–Crippen MR) is 150 cm³/mol. The Morgan fingerprint density at radius 3 is 2.16 bits per heavy atom. The van der Waals surface area contributed by atoms with Crippen LogP contribution in [0.1, 0.15) is 94.6 Å². The van der Waals surface area contributed by atoms with Crippen molar-refractivity contribution in [1.82, 2.24) is 15.0 Å². The second-order valence-electron chi connectivity index (χ2n) is 10.5. The molecule has 0 radical (unpaired) electrons. The number of hydrogen-bond donors (Lipinski definition) is 0. The quantitative estimate of drug-likeness (QED) is 0.491. The van der Waals surface area contributed by atoms with Gasteiger partial charge in [0, 0.05) is 11.5 Å². The summed E-state index contributed by atoms with van der Waals surface area (Å²) in [6.45, 7) is 14.8. The molecule has 1 saturated heterocycles. The van der Waals surface area contributed by atoms with Crippen molar-refractivity contribution in [2.24, 2.45) is 11.8 Å². The van der Waals surface area contributed by atoms with Crippen LogP contribution in [0.25, 0.3) is 29.1 Å². The molecule has 0 N–H and O–H groups in total. The molecule has 1 fully saturated rings. The third-order valence-electron chi connectivity index (χ3n) is 8.59. The fourth-order valence-electron chi connectivity index (χ4n) is 6.16. The molecule has 37 heavy (non-hydrogen) atoms. The average Bonchev–Trinajstić information content (AvgIpc) is 3.60. The molecule has 0 aromatic carbocycles. The van der Waals surface area contributed by atoms with Gasteiger partial charge in [-0.15, -0.1) is 33.5 Å². The number of hydrogen-bond acceptors (Lipinski definition) is 1. The van der Waals surface area contributed by atoms with E-state index in [9.17, 15) is 4.79 Å². The van der Waals surface area contributed by atoms with Gasteiger partial charge >= 0.3 is 23.1 Å². The summed E-state index contributed by atoms with van der Waals surface area (Å²) >= 11 is 0. The maximum Gasteiger partial charge on any atom is 2.00 e. The Morgan fingerprint density at radius 1 is 0.838 bits per heavy atom. The van der Waals surface area contributed by atoms with Crippen LogP contribution in [-0.2, 0) is 6.42 Å². The normalized spacial score (nSPS) is 25.1. The molecule has 0 saturated carbocycles. The van der Waals surface area contributed by atoms with Gasteiger partial charge in [0.15, 0.2) is 5.78 Å². The van der Waals surface area contributed by atoms with Crippen LogP contribution in [0.5, 0.6) is 0 Å². The van der Waals surface area contributed by atoms with E-state index in [2.05, 4.69) is 52.8 Å². The van der Waals surface area contributed by atoms with E-state index in [1.165, 1.54) is 22.3 Å². The van der Waals surface area contributed by atoms with Gasteiger partial charge in [-0.2, -0.15) is 11.4 Å². The number of allylic oxidation sites excluding steroid dienone is 3. The van der Waals surface area contributed by atoms with Crippen molar-refractivity contribution in [3.05, 3.63) is 83.6 Å². The summed E-state index contributed by atoms with van der Waals surface area (Å²) in [5.74, 6) is 0.217. The summed E-state index contributed by atoms with van der Waals surface area (Å²) in [6.07, 6.45) is 9.03. The van der Waals surface area contributed by atoms with E-state index in [0.29, 0.717) is 0 Å². The first-order valence-electron chi connectivity index (χ1n) is 13.1. The first kappa shape index (κ1) is 25.9. The molecule has 5 nitrogen and oxygen atoms in total. The molecule has 2 aliphatic heterocycles. The van der Waals surface area contributed by atoms with Gasteiger partial charge in [-0.1, -0.05) is 78.8 Å². The largest absolute Gasteiger partial charge is 2.00 e. The SMILES string of the molecule is CCc1c(C)/c2[n-]/c1=C\c1[n-]c3c(c1C)C(=O)[C@H](C)/C3=C1/[N-]/C(=C\c3[n-]c(c(C)c3C)\C=2)C[C@@H]1CC.[Mg+2]. The summed E-state index contributed by atoms with van der Waals surface area (Å²) in [4.78, 5) is 28.6. The molecule has 5 heterocycles. The number of carbonyl (C=O) groups is 1. The number of carbonyl (C=O) groups excluding carboxylic acids is 1. The van der Waals surface area contributed by atoms with Crippen LogP contribution >= 0.6 is 0 Å². The van der Waals surface area contributed by atoms with Crippen molar-refractivity contribution >= 4 is 52.6 Å². The van der Waals surface area contributed by atoms with Gasteiger partial charge in [0.25, 0.3) is 0 Å². The predicted octanol–water partition coefficient (Wildman–Crippen LogP) is 4.33. The molecule has 0 spiro atoms. The number of ketones is 1. The number of Topliss-reactive ketones (excluding diaryl/α,β-unsaturated/α-hetero) is 1. The Hall–Kier alpha value is -2.70. The van der Waals surface area contributed by atoms with E-state index in [0.717, 1.165) is 80.8 Å². The standard InChI is InChI=1S/C31H33N4O.Mg/c1-8-19-10-20-11-22-14(3)15(4)23(33-22)12-24-16(5)21(9-2)26(34-24)13-25-17(6)28-30(35-25)27(29(19)32-20)18(7)31(28)36;/h11-13,18-19H,8-10H2,1-7H3,(H-,32,35,36);/q-3;+2/p-1/b20-11-,24-12-,26-13-;/t18-,19+;/m1./s1. The molecule has 3 aliphatic rings. The third-order valence-corrected chi connectivity index (χ3v) is 8.59. The van der Waals surface area contributed by atoms with Crippen molar-refractivity contribution in [3.63, 3.8) is 0 Å². The minimum Gasteiger partial charge on any atom is -0.664 e. The van der Waals surface area contributed by atoms with E-state index in [1.807, 2.05) is 13.8 Å². The van der Waals surface area contributed by atoms with Gasteiger partial charge in [0.05, 0.1) is 0 Å². The van der Waals surface area contributed by atoms with E-state index >= 15 is 0 Å². The summed E-state index contributed by atoms with van der Waals surface area (Å²) in [6, 6.07) is 0. The number of rotatable bonds is 2. The zero-order chi connectivity index (χ0) is 25.5. The minimum absolute atomic E-state index is 0. The Bertz CT molecular complexity index is 1640. The molecule has 1 aliphatic carbocycles. The molecular weight excluding hydrogens is 469 g/mol. The van der Waals surface area contributed by atoms with Crippen LogP contribution in [-0.4, -0.2) is 28.8 Å². The molecule has 3 aromatic rings. The summed E-state index contributed by atoms with van der Waals surface area (Å²) in [5, 5.41) is 7.02. The number of fused-ring (bicyclic) bond motifs is 7. The third kappa shape index (κ3) is 3.75. The van der Waals surface area contributed by atoms with E-state index in [4.69, 9.17) is 20.3 Å². The van der Waals surface area contributed by atoms with Gasteiger partial charge < -0.3 is 20.3 Å². The van der Waals surface area contributed by atoms with Gasteiger partial charge in [0.1, 0.15) is 0 Å². The molecule has 6 heteroatoms. The maximum atomic E-state index is 13.5. The van der Waals surface area contributed by atoms with Crippen LogP contribution in [0.4, 0.5) is 0 Å². The Morgan fingerprint density at radius 2 is 1.49 bits per heavy atom. The first-order valence-corrected chi connectivity index (χ1v) is 13.1. The number of nitrogens with zero attached hydrogens (tertiary/aromatic N) is 4. The second kappa shape index (κ2) is 9.24. The first-order chi connectivity index (χ1) is 17.2. The zero-order valence-electron chi connectivity index (χ0n) is 22.9. The summed E-state index contributed by atoms with van der Waals surface area (Å²) in [5.41, 5.74) is 13.2. The molecule has 2 atom stereocenters. The van der Waals surface area contributed by atoms with E-state index in [-0.39, 0.29) is 40.7 Å². The van der Waals surface area contributed by atoms with Crippen LogP contribution < -0.4 is 25.7 Å². The van der Waals surface area contributed by atoms with Crippen LogP contribution in [0.3, 0.4) is 0 Å². The smallest absolute Gasteiger partial charge is 0.664 e. The second-order valence-corrected chi connectivity index (χ2v) is 10.5. The maximum absolute atomic E-state index is 13.5. The molecule has 186 valence electrons. The summed E-state index contributed by atoms with van der Waals surface area (Å²) < 4.78 is 0. The molecule has 0 amide bonds. The van der Waals surface area contributed by atoms with Crippen molar-refractivity contribution in [2.75, 3.05) is 0 Å². The van der Waals surface area contributed by atoms with Crippen LogP contribution in [0, 0.1) is 39.5 Å². The Balaban J connectivity index is 0.00000280. The Labute approximate surface area is 234 Å². The molecule has 6 rings (SSSR count). The van der Waals surface area contributed by atoms with Crippen molar-refractivity contribution < 1.29 is 4.79 Å². The Kier molecular flexibility index (Phi) is 6.48. The van der Waals surface area contributed by atoms with Gasteiger partial charge in [-0.05, 0) is 46.5 Å². The minimum atomic E-state index is -0.222. The van der Waals surface area contributed by atoms with Crippen LogP contribution in [0.2, 0.25) is 0 Å². The molecule has 8 bridgehead atoms. The summed E-state index contributed by atoms with van der Waals surface area (Å²) in [7, 11) is 0. The van der Waals surface area contributed by atoms with E-state index in [1.54, 1.807) is 0 Å². The van der Waals surface area contributed by atoms with Gasteiger partial charge in [-0.25, -0.2) is 0 Å². The molecular formula is C31H32MgN4O-2. The fraction of sp³-hybridized carbons (Fsp3) is 0.387. The fourth-order valence-corrected chi connectivity index (χ4v) is 6.16. The molecule has 3 aromatic heterocycles. The monoisotopic (exact) mass is 500 g/mol. The van der Waals surface area contributed by atoms with Crippen LogP contribution in [0.15, 0.2) is 11.4 Å². The zero-order valence-corrected chi connectivity index (χ0v) is 24.3. The van der Waals surface area contributed by atoms with Gasteiger partial charge in [0.2, 0.25) is 0 Å². The van der Waals surface area contributed by atoms with Crippen molar-refractivity contribution in [3.8, 4) is 0 Å². The topological polar surface area (TPSA) is 73.5 Å². The van der Waals surface area contributed by atoms with Crippen molar-refractivity contribution in [2.45, 2.75) is 67.7 Å². The van der Waals surface area contributed by atoms with Crippen molar-refractivity contribution in [1.29, 1.82) is 0 Å². The average molecular weight is 501 g/mol. The molecule has 0 unspecified atom stereocenters. The number of aromatic nitrogens is 3. The van der Waals surface area contributed by atoms with Gasteiger partial charge in [-0.3, -0.25) is 4.79 Å². The van der Waals surface area contributed by atoms with E-state index < -0.39 is 0 Å².